The molecule has 3 rings (SSSR count). The molecule has 0 saturated heterocycles. The van der Waals surface area contributed by atoms with Gasteiger partial charge in [-0.15, -0.1) is 0 Å². The number of carbonyl (C=O) groups excluding carboxylic acids is 1. The first-order valence-corrected chi connectivity index (χ1v) is 10.3. The Balaban J connectivity index is 1.83. The molecular formula is C19H22FN3O3S. The fourth-order valence-corrected chi connectivity index (χ4v) is 4.21. The third kappa shape index (κ3) is 4.05. The average Bonchev–Trinajstić information content (AvgIpc) is 3.05. The average molecular weight is 391 g/mol. The summed E-state index contributed by atoms with van der Waals surface area (Å²) in [4.78, 5) is 13.9. The zero-order valence-electron chi connectivity index (χ0n) is 15.3. The molecule has 0 unspecified atom stereocenters. The second-order valence-electron chi connectivity index (χ2n) is 6.49. The van der Waals surface area contributed by atoms with Gasteiger partial charge in [-0.3, -0.25) is 9.62 Å². The molecule has 0 atom stereocenters. The molecule has 2 amide bonds. The fourth-order valence-electron chi connectivity index (χ4n) is 3.03. The van der Waals surface area contributed by atoms with Crippen LogP contribution in [0, 0.1) is 12.7 Å². The Bertz CT molecular complexity index is 976. The summed E-state index contributed by atoms with van der Waals surface area (Å²) in [5.41, 5.74) is 2.36. The highest BCUT2D eigenvalue weighted by Crippen LogP contribution is 2.31. The molecule has 0 saturated carbocycles. The number of amides is 2. The summed E-state index contributed by atoms with van der Waals surface area (Å²) in [6.45, 7) is 4.72. The van der Waals surface area contributed by atoms with Crippen LogP contribution in [0.15, 0.2) is 41.3 Å². The molecule has 2 N–H and O–H groups in total. The molecule has 1 aliphatic heterocycles. The van der Waals surface area contributed by atoms with Crippen LogP contribution in [0.2, 0.25) is 0 Å². The molecule has 0 spiro atoms. The molecule has 2 aromatic rings. The largest absolute Gasteiger partial charge is 0.338 e. The van der Waals surface area contributed by atoms with Crippen molar-refractivity contribution in [3.8, 4) is 0 Å². The number of nitrogens with one attached hydrogen (secondary N) is 2. The Kier molecular flexibility index (Phi) is 5.36. The normalized spacial score (nSPS) is 13.4. The Morgan fingerprint density at radius 2 is 2.00 bits per heavy atom. The van der Waals surface area contributed by atoms with Crippen molar-refractivity contribution >= 4 is 27.4 Å². The molecule has 27 heavy (non-hydrogen) atoms. The van der Waals surface area contributed by atoms with E-state index in [0.717, 1.165) is 17.7 Å². The maximum Gasteiger partial charge on any atom is 0.321 e. The maximum atomic E-state index is 13.2. The predicted molar refractivity (Wildman–Crippen MR) is 103 cm³/mol. The summed E-state index contributed by atoms with van der Waals surface area (Å²) < 4.78 is 41.1. The van der Waals surface area contributed by atoms with Crippen molar-refractivity contribution in [2.45, 2.75) is 31.6 Å². The third-order valence-corrected chi connectivity index (χ3v) is 5.82. The van der Waals surface area contributed by atoms with Crippen LogP contribution in [0.4, 0.5) is 20.6 Å². The number of anilines is 2. The number of sulfonamides is 1. The van der Waals surface area contributed by atoms with Crippen LogP contribution in [-0.2, 0) is 16.4 Å². The van der Waals surface area contributed by atoms with Gasteiger partial charge >= 0.3 is 6.03 Å². The minimum Gasteiger partial charge on any atom is -0.338 e. The third-order valence-electron chi connectivity index (χ3n) is 4.46. The molecule has 0 aromatic heterocycles. The molecule has 0 radical (unpaired) electrons. The first-order chi connectivity index (χ1) is 12.8. The molecule has 1 heterocycles. The van der Waals surface area contributed by atoms with E-state index in [1.807, 2.05) is 6.92 Å². The van der Waals surface area contributed by atoms with Crippen LogP contribution in [0.25, 0.3) is 0 Å². The fraction of sp³-hybridized carbons (Fsp3) is 0.316. The lowest BCUT2D eigenvalue weighted by Gasteiger charge is -2.18. The zero-order chi connectivity index (χ0) is 19.6. The molecule has 144 valence electrons. The number of aryl methyl sites for hydroxylation is 1. The molecule has 0 aliphatic carbocycles. The Morgan fingerprint density at radius 1 is 1.22 bits per heavy atom. The van der Waals surface area contributed by atoms with Crippen LogP contribution < -0.4 is 14.9 Å². The van der Waals surface area contributed by atoms with Crippen molar-refractivity contribution in [2.24, 2.45) is 0 Å². The number of urea groups is 1. The van der Waals surface area contributed by atoms with Gasteiger partial charge in [0, 0.05) is 18.8 Å². The molecule has 2 aromatic carbocycles. The highest BCUT2D eigenvalue weighted by Gasteiger charge is 2.26. The molecule has 6 nitrogen and oxygen atoms in total. The Hall–Kier alpha value is -2.61. The van der Waals surface area contributed by atoms with E-state index >= 15 is 0 Å². The standard InChI is InChI=1S/C19H22FN3O3S/c1-3-9-21-19(24)23-10-8-14-12-16(5-7-18(14)23)27(25,26)22-17-6-4-15(20)11-13(17)2/h4-7,11-12,22H,3,8-10H2,1-2H3,(H,21,24). The van der Waals surface area contributed by atoms with E-state index in [4.69, 9.17) is 0 Å². The van der Waals surface area contributed by atoms with Gasteiger partial charge in [0.15, 0.2) is 0 Å². The lowest BCUT2D eigenvalue weighted by atomic mass is 10.2. The van der Waals surface area contributed by atoms with Gasteiger partial charge in [-0.2, -0.15) is 0 Å². The summed E-state index contributed by atoms with van der Waals surface area (Å²) in [6.07, 6.45) is 1.44. The minimum atomic E-state index is -3.81. The van der Waals surface area contributed by atoms with E-state index in [2.05, 4.69) is 10.0 Å². The van der Waals surface area contributed by atoms with Crippen LogP contribution in [0.3, 0.4) is 0 Å². The Morgan fingerprint density at radius 3 is 2.70 bits per heavy atom. The van der Waals surface area contributed by atoms with Crippen molar-refractivity contribution in [3.63, 3.8) is 0 Å². The highest BCUT2D eigenvalue weighted by molar-refractivity contribution is 7.92. The SMILES string of the molecule is CCCNC(=O)N1CCc2cc(S(=O)(=O)Nc3ccc(F)cc3C)ccc21. The van der Waals surface area contributed by atoms with Crippen LogP contribution in [-0.4, -0.2) is 27.5 Å². The molecule has 0 fully saturated rings. The van der Waals surface area contributed by atoms with Crippen molar-refractivity contribution in [1.29, 1.82) is 0 Å². The summed E-state index contributed by atoms with van der Waals surface area (Å²) in [5, 5.41) is 2.83. The number of hydrogen-bond acceptors (Lipinski definition) is 3. The first-order valence-electron chi connectivity index (χ1n) is 8.79. The maximum absolute atomic E-state index is 13.2. The number of fused-ring (bicyclic) bond motifs is 1. The van der Waals surface area contributed by atoms with Gasteiger partial charge in [-0.1, -0.05) is 6.92 Å². The van der Waals surface area contributed by atoms with Crippen molar-refractivity contribution in [2.75, 3.05) is 22.7 Å². The van der Waals surface area contributed by atoms with Crippen molar-refractivity contribution in [3.05, 3.63) is 53.3 Å². The van der Waals surface area contributed by atoms with Gasteiger partial charge in [0.1, 0.15) is 5.82 Å². The predicted octanol–water partition coefficient (Wildman–Crippen LogP) is 3.42. The summed E-state index contributed by atoms with van der Waals surface area (Å²) >= 11 is 0. The topological polar surface area (TPSA) is 78.5 Å². The molecule has 8 heteroatoms. The smallest absolute Gasteiger partial charge is 0.321 e. The Labute approximate surface area is 158 Å². The van der Waals surface area contributed by atoms with E-state index in [9.17, 15) is 17.6 Å². The first kappa shape index (κ1) is 19.2. The van der Waals surface area contributed by atoms with Gasteiger partial charge in [0.2, 0.25) is 0 Å². The van der Waals surface area contributed by atoms with Crippen LogP contribution in [0.5, 0.6) is 0 Å². The van der Waals surface area contributed by atoms with Crippen molar-refractivity contribution in [1.82, 2.24) is 5.32 Å². The highest BCUT2D eigenvalue weighted by atomic mass is 32.2. The van der Waals surface area contributed by atoms with E-state index < -0.39 is 15.8 Å². The van der Waals surface area contributed by atoms with Gasteiger partial charge < -0.3 is 5.32 Å². The van der Waals surface area contributed by atoms with Gasteiger partial charge in [0.25, 0.3) is 10.0 Å². The van der Waals surface area contributed by atoms with E-state index in [1.165, 1.54) is 24.3 Å². The van der Waals surface area contributed by atoms with Gasteiger partial charge in [0.05, 0.1) is 10.6 Å². The van der Waals surface area contributed by atoms with Gasteiger partial charge in [-0.25, -0.2) is 17.6 Å². The van der Waals surface area contributed by atoms with Crippen molar-refractivity contribution < 1.29 is 17.6 Å². The number of rotatable bonds is 5. The van der Waals surface area contributed by atoms with E-state index in [0.29, 0.717) is 30.8 Å². The second-order valence-corrected chi connectivity index (χ2v) is 8.17. The molecule has 1 aliphatic rings. The van der Waals surface area contributed by atoms with Crippen LogP contribution in [0.1, 0.15) is 24.5 Å². The number of carbonyl (C=O) groups is 1. The summed E-state index contributed by atoms with van der Waals surface area (Å²) in [6, 6.07) is 8.42. The lowest BCUT2D eigenvalue weighted by Crippen LogP contribution is -2.39. The molecule has 0 bridgehead atoms. The summed E-state index contributed by atoms with van der Waals surface area (Å²) in [5.74, 6) is -0.422. The number of hydrogen-bond donors (Lipinski definition) is 2. The molecular weight excluding hydrogens is 369 g/mol. The summed E-state index contributed by atoms with van der Waals surface area (Å²) in [7, 11) is -3.81. The zero-order valence-corrected chi connectivity index (χ0v) is 16.1. The van der Waals surface area contributed by atoms with Crippen LogP contribution >= 0.6 is 0 Å². The number of nitrogens with zero attached hydrogens (tertiary/aromatic N) is 1. The van der Waals surface area contributed by atoms with E-state index in [-0.39, 0.29) is 10.9 Å². The van der Waals surface area contributed by atoms with Gasteiger partial charge in [-0.05, 0) is 67.3 Å². The van der Waals surface area contributed by atoms with E-state index in [1.54, 1.807) is 24.0 Å². The minimum absolute atomic E-state index is 0.112. The quantitative estimate of drug-likeness (QED) is 0.820. The number of halogens is 1. The number of benzene rings is 2. The lowest BCUT2D eigenvalue weighted by molar-refractivity contribution is 0.247. The second kappa shape index (κ2) is 7.56. The monoisotopic (exact) mass is 391 g/mol.